The molecule has 166 valence electrons. The van der Waals surface area contributed by atoms with Crippen LogP contribution in [0, 0.1) is 0 Å². The number of esters is 1. The summed E-state index contributed by atoms with van der Waals surface area (Å²) in [6.07, 6.45) is -1.11. The van der Waals surface area contributed by atoms with Crippen LogP contribution in [0.2, 0.25) is 10.0 Å². The SMILES string of the molecule is C[C@@H](OC(=O)c1ccc(S(=O)(=O)N2CCOCC2)cc1)C(=O)Nc1cc(Cl)cc(Cl)c1. The number of halogens is 2. The predicted molar refractivity (Wildman–Crippen MR) is 116 cm³/mol. The van der Waals surface area contributed by atoms with Gasteiger partial charge in [-0.1, -0.05) is 23.2 Å². The third-order valence-corrected chi connectivity index (χ3v) is 6.83. The van der Waals surface area contributed by atoms with E-state index in [0.29, 0.717) is 28.9 Å². The average Bonchev–Trinajstić information content (AvgIpc) is 2.73. The van der Waals surface area contributed by atoms with Crippen molar-refractivity contribution in [3.05, 3.63) is 58.1 Å². The highest BCUT2D eigenvalue weighted by molar-refractivity contribution is 7.89. The number of benzene rings is 2. The van der Waals surface area contributed by atoms with Crippen molar-refractivity contribution in [2.24, 2.45) is 0 Å². The van der Waals surface area contributed by atoms with Crippen LogP contribution >= 0.6 is 23.2 Å². The predicted octanol–water partition coefficient (Wildman–Crippen LogP) is 3.20. The van der Waals surface area contributed by atoms with Gasteiger partial charge >= 0.3 is 5.97 Å². The molecule has 1 heterocycles. The first-order chi connectivity index (χ1) is 14.7. The summed E-state index contributed by atoms with van der Waals surface area (Å²) in [5, 5.41) is 3.26. The summed E-state index contributed by atoms with van der Waals surface area (Å²) in [7, 11) is -3.67. The molecule has 1 amide bonds. The Kier molecular flexibility index (Phi) is 7.55. The van der Waals surface area contributed by atoms with Crippen molar-refractivity contribution in [1.82, 2.24) is 4.31 Å². The molecule has 2 aromatic rings. The van der Waals surface area contributed by atoms with Crippen LogP contribution in [0.15, 0.2) is 47.4 Å². The third kappa shape index (κ3) is 5.96. The van der Waals surface area contributed by atoms with Gasteiger partial charge in [0.15, 0.2) is 6.10 Å². The van der Waals surface area contributed by atoms with Crippen molar-refractivity contribution < 1.29 is 27.5 Å². The number of nitrogens with one attached hydrogen (secondary N) is 1. The Hall–Kier alpha value is -2.17. The number of ether oxygens (including phenoxy) is 2. The maximum Gasteiger partial charge on any atom is 0.338 e. The Balaban J connectivity index is 1.62. The molecule has 0 radical (unpaired) electrons. The van der Waals surface area contributed by atoms with Gasteiger partial charge < -0.3 is 14.8 Å². The lowest BCUT2D eigenvalue weighted by Gasteiger charge is -2.26. The molecular formula is C20H20Cl2N2O6S. The molecule has 3 rings (SSSR count). The van der Waals surface area contributed by atoms with E-state index >= 15 is 0 Å². The molecule has 1 atom stereocenters. The molecular weight excluding hydrogens is 467 g/mol. The van der Waals surface area contributed by atoms with Gasteiger partial charge in [-0.05, 0) is 49.4 Å². The van der Waals surface area contributed by atoms with E-state index in [1.54, 1.807) is 0 Å². The molecule has 1 aliphatic rings. The molecule has 2 aromatic carbocycles. The van der Waals surface area contributed by atoms with Crippen LogP contribution in [0.3, 0.4) is 0 Å². The summed E-state index contributed by atoms with van der Waals surface area (Å²) >= 11 is 11.8. The van der Waals surface area contributed by atoms with Gasteiger partial charge in [0.2, 0.25) is 10.0 Å². The average molecular weight is 487 g/mol. The minimum atomic E-state index is -3.67. The Morgan fingerprint density at radius 3 is 2.23 bits per heavy atom. The van der Waals surface area contributed by atoms with Crippen molar-refractivity contribution in [2.75, 3.05) is 31.6 Å². The lowest BCUT2D eigenvalue weighted by Crippen LogP contribution is -2.40. The number of sulfonamides is 1. The molecule has 0 aromatic heterocycles. The number of hydrogen-bond donors (Lipinski definition) is 1. The highest BCUT2D eigenvalue weighted by Gasteiger charge is 2.27. The van der Waals surface area contributed by atoms with Crippen molar-refractivity contribution in [2.45, 2.75) is 17.9 Å². The summed E-state index contributed by atoms with van der Waals surface area (Å²) in [5.74, 6) is -1.33. The maximum absolute atomic E-state index is 12.6. The fourth-order valence-corrected chi connectivity index (χ4v) is 4.79. The summed E-state index contributed by atoms with van der Waals surface area (Å²) in [6, 6.07) is 9.89. The lowest BCUT2D eigenvalue weighted by molar-refractivity contribution is -0.123. The first-order valence-electron chi connectivity index (χ1n) is 9.33. The summed E-state index contributed by atoms with van der Waals surface area (Å²) < 4.78 is 37.0. The van der Waals surface area contributed by atoms with E-state index in [1.807, 2.05) is 0 Å². The second kappa shape index (κ2) is 9.97. The van der Waals surface area contributed by atoms with Crippen LogP contribution in [0.25, 0.3) is 0 Å². The highest BCUT2D eigenvalue weighted by atomic mass is 35.5. The molecule has 1 N–H and O–H groups in total. The quantitative estimate of drug-likeness (QED) is 0.628. The molecule has 0 saturated carbocycles. The first-order valence-corrected chi connectivity index (χ1v) is 11.5. The second-order valence-corrected chi connectivity index (χ2v) is 9.55. The van der Waals surface area contributed by atoms with Gasteiger partial charge in [-0.25, -0.2) is 13.2 Å². The number of carbonyl (C=O) groups excluding carboxylic acids is 2. The first kappa shape index (κ1) is 23.5. The highest BCUT2D eigenvalue weighted by Crippen LogP contribution is 2.23. The Morgan fingerprint density at radius 2 is 1.65 bits per heavy atom. The molecule has 0 spiro atoms. The van der Waals surface area contributed by atoms with Crippen LogP contribution in [-0.2, 0) is 24.3 Å². The lowest BCUT2D eigenvalue weighted by atomic mass is 10.2. The normalized spacial score (nSPS) is 15.8. The van der Waals surface area contributed by atoms with Crippen molar-refractivity contribution in [1.29, 1.82) is 0 Å². The van der Waals surface area contributed by atoms with Crippen molar-refractivity contribution in [3.8, 4) is 0 Å². The largest absolute Gasteiger partial charge is 0.449 e. The Bertz CT molecular complexity index is 1050. The van der Waals surface area contributed by atoms with Gasteiger partial charge in [-0.3, -0.25) is 4.79 Å². The molecule has 8 nitrogen and oxygen atoms in total. The monoisotopic (exact) mass is 486 g/mol. The number of hydrogen-bond acceptors (Lipinski definition) is 6. The van der Waals surface area contributed by atoms with E-state index in [0.717, 1.165) is 0 Å². The van der Waals surface area contributed by atoms with Gasteiger partial charge in [0.25, 0.3) is 5.91 Å². The number of rotatable bonds is 6. The summed E-state index contributed by atoms with van der Waals surface area (Å²) in [4.78, 5) is 24.7. The van der Waals surface area contributed by atoms with Gasteiger partial charge in [0.1, 0.15) is 0 Å². The van der Waals surface area contributed by atoms with Crippen LogP contribution in [-0.4, -0.2) is 57.0 Å². The molecule has 1 fully saturated rings. The van der Waals surface area contributed by atoms with Gasteiger partial charge in [0, 0.05) is 28.8 Å². The van der Waals surface area contributed by atoms with Crippen LogP contribution in [0.5, 0.6) is 0 Å². The smallest absolute Gasteiger partial charge is 0.338 e. The number of nitrogens with zero attached hydrogens (tertiary/aromatic N) is 1. The fourth-order valence-electron chi connectivity index (χ4n) is 2.85. The number of amides is 1. The Labute approximate surface area is 190 Å². The van der Waals surface area contributed by atoms with E-state index in [2.05, 4.69) is 5.32 Å². The zero-order valence-electron chi connectivity index (χ0n) is 16.5. The van der Waals surface area contributed by atoms with Crippen LogP contribution in [0.1, 0.15) is 17.3 Å². The van der Waals surface area contributed by atoms with Crippen molar-refractivity contribution in [3.63, 3.8) is 0 Å². The standard InChI is InChI=1S/C20H20Cl2N2O6S/c1-13(19(25)23-17-11-15(21)10-16(22)12-17)30-20(26)14-2-4-18(5-3-14)31(27,28)24-6-8-29-9-7-24/h2-5,10-13H,6-9H2,1H3,(H,23,25)/t13-/m1/s1. The summed E-state index contributed by atoms with van der Waals surface area (Å²) in [6.45, 7) is 2.64. The second-order valence-electron chi connectivity index (χ2n) is 6.74. The van der Waals surface area contributed by atoms with Crippen LogP contribution in [0.4, 0.5) is 5.69 Å². The minimum Gasteiger partial charge on any atom is -0.449 e. The fraction of sp³-hybridized carbons (Fsp3) is 0.300. The molecule has 1 aliphatic heterocycles. The zero-order chi connectivity index (χ0) is 22.6. The van der Waals surface area contributed by atoms with E-state index in [-0.39, 0.29) is 23.5 Å². The van der Waals surface area contributed by atoms with Gasteiger partial charge in [-0.2, -0.15) is 4.31 Å². The molecule has 11 heteroatoms. The Morgan fingerprint density at radius 1 is 1.06 bits per heavy atom. The maximum atomic E-state index is 12.6. The van der Waals surface area contributed by atoms with Crippen molar-refractivity contribution >= 4 is 50.8 Å². The molecule has 0 bridgehead atoms. The minimum absolute atomic E-state index is 0.0644. The molecule has 1 saturated heterocycles. The summed E-state index contributed by atoms with van der Waals surface area (Å²) in [5.41, 5.74) is 0.481. The number of anilines is 1. The molecule has 0 unspecified atom stereocenters. The van der Waals surface area contributed by atoms with E-state index in [4.69, 9.17) is 32.7 Å². The van der Waals surface area contributed by atoms with Gasteiger partial charge in [0.05, 0.1) is 23.7 Å². The van der Waals surface area contributed by atoms with E-state index < -0.39 is 28.0 Å². The number of carbonyl (C=O) groups is 2. The number of morpholine rings is 1. The van der Waals surface area contributed by atoms with Gasteiger partial charge in [-0.15, -0.1) is 0 Å². The van der Waals surface area contributed by atoms with E-state index in [9.17, 15) is 18.0 Å². The molecule has 31 heavy (non-hydrogen) atoms. The van der Waals surface area contributed by atoms with Crippen LogP contribution < -0.4 is 5.32 Å². The van der Waals surface area contributed by atoms with E-state index in [1.165, 1.54) is 53.7 Å². The zero-order valence-corrected chi connectivity index (χ0v) is 18.8. The third-order valence-electron chi connectivity index (χ3n) is 4.48. The topological polar surface area (TPSA) is 102 Å². The molecule has 0 aliphatic carbocycles.